The quantitative estimate of drug-likeness (QED) is 0.445. The maximum absolute atomic E-state index is 14.0. The normalized spacial score (nSPS) is 15.7. The minimum Gasteiger partial charge on any atom is -0.444 e. The maximum Gasteiger partial charge on any atom is 0.408 e. The molecule has 1 aliphatic rings. The Morgan fingerprint density at radius 3 is 2.24 bits per heavy atom. The molecule has 1 aromatic rings. The zero-order valence-electron chi connectivity index (χ0n) is 21.7. The number of hydrogen-bond donors (Lipinski definition) is 2. The van der Waals surface area contributed by atoms with Gasteiger partial charge in [-0.1, -0.05) is 63.9 Å². The molecule has 1 aliphatic carbocycles. The Balaban J connectivity index is 2.36. The second-order valence-electron chi connectivity index (χ2n) is 10.5. The lowest BCUT2D eigenvalue weighted by molar-refractivity contribution is -0.148. The van der Waals surface area contributed by atoms with Gasteiger partial charge in [0, 0.05) is 12.6 Å². The van der Waals surface area contributed by atoms with Gasteiger partial charge in [0.15, 0.2) is 0 Å². The van der Waals surface area contributed by atoms with E-state index < -0.39 is 23.8 Å². The van der Waals surface area contributed by atoms with Crippen LogP contribution in [-0.4, -0.2) is 47.0 Å². The summed E-state index contributed by atoms with van der Waals surface area (Å²) in [7, 11) is 0. The number of nitrogens with one attached hydrogen (secondary N) is 2. The third-order valence-electron chi connectivity index (χ3n) is 6.05. The standard InChI is InChI=1S/C27H43N3O4/c1-7-8-12-18-28-24(31)23(20-14-10-9-11-15-20)30(21-16-13-17-21)25(32)22(19(2)3)29-26(33)34-27(4,5)6/h9-11,14-15,19,21-23H,7-8,12-13,16-18H2,1-6H3,(H,28,31)(H,29,33). The van der Waals surface area contributed by atoms with Crippen LogP contribution in [0.1, 0.15) is 91.7 Å². The molecule has 0 aromatic heterocycles. The number of unbranched alkanes of at least 4 members (excludes halogenated alkanes) is 2. The molecular formula is C27H43N3O4. The third-order valence-corrected chi connectivity index (χ3v) is 6.05. The van der Waals surface area contributed by atoms with E-state index in [4.69, 9.17) is 4.74 Å². The third kappa shape index (κ3) is 8.03. The van der Waals surface area contributed by atoms with Gasteiger partial charge in [-0.2, -0.15) is 0 Å². The van der Waals surface area contributed by atoms with Gasteiger partial charge in [0.25, 0.3) is 0 Å². The summed E-state index contributed by atoms with van der Waals surface area (Å²) in [5.41, 5.74) is 0.100. The van der Waals surface area contributed by atoms with Crippen molar-refractivity contribution in [2.45, 2.75) is 104 Å². The van der Waals surface area contributed by atoms with Crippen LogP contribution in [-0.2, 0) is 14.3 Å². The fraction of sp³-hybridized carbons (Fsp3) is 0.667. The topological polar surface area (TPSA) is 87.7 Å². The van der Waals surface area contributed by atoms with E-state index in [1.807, 2.05) is 44.2 Å². The van der Waals surface area contributed by atoms with Gasteiger partial charge in [0.2, 0.25) is 11.8 Å². The number of hydrogen-bond acceptors (Lipinski definition) is 4. The summed E-state index contributed by atoms with van der Waals surface area (Å²) in [6, 6.07) is 7.86. The molecule has 0 saturated heterocycles. The number of carbonyl (C=O) groups is 3. The molecule has 2 unspecified atom stereocenters. The van der Waals surface area contributed by atoms with E-state index in [0.717, 1.165) is 44.1 Å². The van der Waals surface area contributed by atoms with Gasteiger partial charge in [-0.15, -0.1) is 0 Å². The first-order chi connectivity index (χ1) is 16.0. The summed E-state index contributed by atoms with van der Waals surface area (Å²) >= 11 is 0. The lowest BCUT2D eigenvalue weighted by Gasteiger charge is -2.44. The SMILES string of the molecule is CCCCCNC(=O)C(c1ccccc1)N(C(=O)C(NC(=O)OC(C)(C)C)C(C)C)C1CCC1. The Morgan fingerprint density at radius 2 is 1.74 bits per heavy atom. The van der Waals surface area contributed by atoms with E-state index in [0.29, 0.717) is 6.54 Å². The van der Waals surface area contributed by atoms with Gasteiger partial charge in [0.1, 0.15) is 17.7 Å². The van der Waals surface area contributed by atoms with Crippen LogP contribution in [0.25, 0.3) is 0 Å². The highest BCUT2D eigenvalue weighted by molar-refractivity contribution is 5.92. The van der Waals surface area contributed by atoms with Crippen molar-refractivity contribution < 1.29 is 19.1 Å². The Kier molecular flexibility index (Phi) is 10.4. The lowest BCUT2D eigenvalue weighted by atomic mass is 9.87. The molecule has 0 heterocycles. The smallest absolute Gasteiger partial charge is 0.408 e. The second-order valence-corrected chi connectivity index (χ2v) is 10.5. The lowest BCUT2D eigenvalue weighted by Crippen LogP contribution is -2.58. The zero-order chi connectivity index (χ0) is 25.3. The molecule has 0 radical (unpaired) electrons. The van der Waals surface area contributed by atoms with E-state index >= 15 is 0 Å². The molecule has 0 bridgehead atoms. The summed E-state index contributed by atoms with van der Waals surface area (Å²) in [6.07, 6.45) is 5.07. The molecular weight excluding hydrogens is 430 g/mol. The van der Waals surface area contributed by atoms with Crippen molar-refractivity contribution in [2.24, 2.45) is 5.92 Å². The van der Waals surface area contributed by atoms with Gasteiger partial charge >= 0.3 is 6.09 Å². The Hall–Kier alpha value is -2.57. The molecule has 190 valence electrons. The largest absolute Gasteiger partial charge is 0.444 e. The highest BCUT2D eigenvalue weighted by atomic mass is 16.6. The number of benzene rings is 1. The number of amides is 3. The average molecular weight is 474 g/mol. The summed E-state index contributed by atoms with van der Waals surface area (Å²) in [4.78, 5) is 41.7. The van der Waals surface area contributed by atoms with E-state index in [1.54, 1.807) is 25.7 Å². The molecule has 7 nitrogen and oxygen atoms in total. The van der Waals surface area contributed by atoms with E-state index in [9.17, 15) is 14.4 Å². The van der Waals surface area contributed by atoms with Crippen molar-refractivity contribution in [3.63, 3.8) is 0 Å². The molecule has 34 heavy (non-hydrogen) atoms. The summed E-state index contributed by atoms with van der Waals surface area (Å²) < 4.78 is 5.42. The number of ether oxygens (including phenoxy) is 1. The fourth-order valence-corrected chi connectivity index (χ4v) is 4.05. The van der Waals surface area contributed by atoms with Crippen LogP contribution in [0.15, 0.2) is 30.3 Å². The van der Waals surface area contributed by atoms with Crippen molar-refractivity contribution in [2.75, 3.05) is 6.54 Å². The minimum atomic E-state index is -0.797. The van der Waals surface area contributed by atoms with Gasteiger partial charge in [-0.25, -0.2) is 4.79 Å². The van der Waals surface area contributed by atoms with Crippen LogP contribution in [0, 0.1) is 5.92 Å². The van der Waals surface area contributed by atoms with Crippen LogP contribution in [0.3, 0.4) is 0 Å². The van der Waals surface area contributed by atoms with Gasteiger partial charge in [-0.3, -0.25) is 9.59 Å². The van der Waals surface area contributed by atoms with Gasteiger partial charge in [-0.05, 0) is 57.9 Å². The van der Waals surface area contributed by atoms with Crippen LogP contribution < -0.4 is 10.6 Å². The summed E-state index contributed by atoms with van der Waals surface area (Å²) in [5, 5.41) is 5.83. The second kappa shape index (κ2) is 12.8. The molecule has 3 amide bonds. The van der Waals surface area contributed by atoms with Crippen molar-refractivity contribution in [3.8, 4) is 0 Å². The van der Waals surface area contributed by atoms with Gasteiger partial charge in [0.05, 0.1) is 0 Å². The van der Waals surface area contributed by atoms with E-state index in [1.165, 1.54) is 0 Å². The first-order valence-corrected chi connectivity index (χ1v) is 12.7. The van der Waals surface area contributed by atoms with E-state index in [2.05, 4.69) is 17.6 Å². The van der Waals surface area contributed by atoms with Crippen LogP contribution in [0.5, 0.6) is 0 Å². The van der Waals surface area contributed by atoms with Crippen molar-refractivity contribution in [3.05, 3.63) is 35.9 Å². The number of alkyl carbamates (subject to hydrolysis) is 1. The molecule has 2 N–H and O–H groups in total. The van der Waals surface area contributed by atoms with E-state index in [-0.39, 0.29) is 23.8 Å². The first-order valence-electron chi connectivity index (χ1n) is 12.7. The van der Waals surface area contributed by atoms with Crippen LogP contribution >= 0.6 is 0 Å². The van der Waals surface area contributed by atoms with Crippen LogP contribution in [0.4, 0.5) is 4.79 Å². The average Bonchev–Trinajstić information content (AvgIpc) is 2.72. The van der Waals surface area contributed by atoms with Crippen molar-refractivity contribution in [1.82, 2.24) is 15.5 Å². The highest BCUT2D eigenvalue weighted by Gasteiger charge is 2.42. The highest BCUT2D eigenvalue weighted by Crippen LogP contribution is 2.34. The predicted octanol–water partition coefficient (Wildman–Crippen LogP) is 4.96. The molecule has 1 fully saturated rings. The molecule has 2 rings (SSSR count). The predicted molar refractivity (Wildman–Crippen MR) is 134 cm³/mol. The van der Waals surface area contributed by atoms with Crippen LogP contribution in [0.2, 0.25) is 0 Å². The molecule has 0 spiro atoms. The fourth-order valence-electron chi connectivity index (χ4n) is 4.05. The van der Waals surface area contributed by atoms with Crippen molar-refractivity contribution >= 4 is 17.9 Å². The monoisotopic (exact) mass is 473 g/mol. The Bertz CT molecular complexity index is 800. The minimum absolute atomic E-state index is 0.0409. The summed E-state index contributed by atoms with van der Waals surface area (Å²) in [6.45, 7) is 11.8. The number of rotatable bonds is 11. The Labute approximate surface area is 205 Å². The number of carbonyl (C=O) groups excluding carboxylic acids is 3. The molecule has 1 saturated carbocycles. The summed E-state index contributed by atoms with van der Waals surface area (Å²) in [5.74, 6) is -0.600. The molecule has 1 aromatic carbocycles. The van der Waals surface area contributed by atoms with Gasteiger partial charge < -0.3 is 20.3 Å². The Morgan fingerprint density at radius 1 is 1.09 bits per heavy atom. The molecule has 2 atom stereocenters. The first kappa shape index (κ1) is 27.7. The van der Waals surface area contributed by atoms with Crippen molar-refractivity contribution in [1.29, 1.82) is 0 Å². The molecule has 7 heteroatoms. The molecule has 0 aliphatic heterocycles. The zero-order valence-corrected chi connectivity index (χ0v) is 21.7. The number of nitrogens with zero attached hydrogens (tertiary/aromatic N) is 1. The maximum atomic E-state index is 14.0.